The van der Waals surface area contributed by atoms with Crippen LogP contribution in [0.4, 0.5) is 5.69 Å². The van der Waals surface area contributed by atoms with E-state index >= 15 is 0 Å². The van der Waals surface area contributed by atoms with Crippen molar-refractivity contribution in [3.8, 4) is 0 Å². The fraction of sp³-hybridized carbons (Fsp3) is 0.222. The van der Waals surface area contributed by atoms with Gasteiger partial charge in [-0.2, -0.15) is 0 Å². The second-order valence-electron chi connectivity index (χ2n) is 8.23. The quantitative estimate of drug-likeness (QED) is 0.258. The molecule has 0 aliphatic carbocycles. The molecule has 1 amide bonds. The van der Waals surface area contributed by atoms with Crippen molar-refractivity contribution >= 4 is 34.5 Å². The molecule has 4 heteroatoms. The Bertz CT molecular complexity index is 1140. The van der Waals surface area contributed by atoms with Gasteiger partial charge in [0.25, 0.3) is 5.91 Å². The smallest absolute Gasteiger partial charge is 0.260 e. The lowest BCUT2D eigenvalue weighted by Gasteiger charge is -2.19. The second-order valence-corrected chi connectivity index (χ2v) is 8.67. The fourth-order valence-electron chi connectivity index (χ4n) is 4.32. The number of rotatable bonds is 4. The van der Waals surface area contributed by atoms with E-state index in [-0.39, 0.29) is 17.2 Å². The van der Waals surface area contributed by atoms with Gasteiger partial charge < -0.3 is 10.4 Å². The highest BCUT2D eigenvalue weighted by atomic mass is 35.5. The Kier molecular flexibility index (Phi) is 6.56. The molecule has 0 unspecified atom stereocenters. The molecule has 3 rings (SSSR count). The van der Waals surface area contributed by atoms with E-state index in [9.17, 15) is 9.90 Å². The number of carbonyl (C=O) groups is 1. The van der Waals surface area contributed by atoms with Crippen molar-refractivity contribution in [3.05, 3.63) is 98.1 Å². The summed E-state index contributed by atoms with van der Waals surface area (Å²) in [4.78, 5) is 13.5. The van der Waals surface area contributed by atoms with Crippen molar-refractivity contribution in [2.75, 3.05) is 5.32 Å². The zero-order chi connectivity index (χ0) is 22.9. The SMILES string of the molecule is Cc1cc(C)c(/C(O)=C(/C(=O)Nc2ccc(Cl)cc2)c2c(C)cc(C)cc2C)c(C)c1. The van der Waals surface area contributed by atoms with Gasteiger partial charge in [-0.25, -0.2) is 0 Å². The minimum Gasteiger partial charge on any atom is -0.506 e. The molecule has 3 nitrogen and oxygen atoms in total. The highest BCUT2D eigenvalue weighted by Crippen LogP contribution is 2.34. The average Bonchev–Trinajstić information content (AvgIpc) is 2.65. The van der Waals surface area contributed by atoms with Gasteiger partial charge in [-0.15, -0.1) is 0 Å². The number of aliphatic hydroxyl groups is 1. The lowest BCUT2D eigenvalue weighted by atomic mass is 9.88. The molecule has 0 aliphatic rings. The molecule has 0 heterocycles. The first-order valence-electron chi connectivity index (χ1n) is 10.2. The van der Waals surface area contributed by atoms with Gasteiger partial charge in [0, 0.05) is 16.3 Å². The zero-order valence-corrected chi connectivity index (χ0v) is 19.6. The van der Waals surface area contributed by atoms with Crippen LogP contribution in [-0.4, -0.2) is 11.0 Å². The van der Waals surface area contributed by atoms with Gasteiger partial charge in [0.15, 0.2) is 0 Å². The molecule has 0 radical (unpaired) electrons. The number of halogens is 1. The predicted octanol–water partition coefficient (Wildman–Crippen LogP) is 7.26. The summed E-state index contributed by atoms with van der Waals surface area (Å²) >= 11 is 5.98. The van der Waals surface area contributed by atoms with Crippen LogP contribution >= 0.6 is 11.6 Å². The molecule has 0 fully saturated rings. The van der Waals surface area contributed by atoms with Gasteiger partial charge >= 0.3 is 0 Å². The maximum atomic E-state index is 13.5. The summed E-state index contributed by atoms with van der Waals surface area (Å²) in [6.45, 7) is 11.9. The first kappa shape index (κ1) is 22.6. The third-order valence-corrected chi connectivity index (χ3v) is 5.66. The standard InChI is InChI=1S/C27H28ClNO2/c1-15-11-17(3)23(18(4)12-15)25(27(31)29-22-9-7-21(28)8-10-22)26(30)24-19(5)13-16(2)14-20(24)6/h7-14,30H,1-6H3,(H,29,31)/b26-25-. The molecular formula is C27H28ClNO2. The van der Waals surface area contributed by atoms with E-state index < -0.39 is 0 Å². The highest BCUT2D eigenvalue weighted by Gasteiger charge is 2.24. The largest absolute Gasteiger partial charge is 0.506 e. The van der Waals surface area contributed by atoms with E-state index in [4.69, 9.17) is 11.6 Å². The molecule has 0 atom stereocenters. The maximum Gasteiger partial charge on any atom is 0.260 e. The summed E-state index contributed by atoms with van der Waals surface area (Å²) in [6.07, 6.45) is 0. The molecule has 2 N–H and O–H groups in total. The molecular weight excluding hydrogens is 406 g/mol. The number of benzene rings is 3. The number of amides is 1. The van der Waals surface area contributed by atoms with Crippen LogP contribution in [0.5, 0.6) is 0 Å². The van der Waals surface area contributed by atoms with E-state index in [1.165, 1.54) is 0 Å². The van der Waals surface area contributed by atoms with Gasteiger partial charge in [0.1, 0.15) is 5.76 Å². The molecule has 3 aromatic carbocycles. The number of hydrogen-bond donors (Lipinski definition) is 2. The second kappa shape index (κ2) is 8.99. The molecule has 3 aromatic rings. The van der Waals surface area contributed by atoms with Crippen LogP contribution in [0.3, 0.4) is 0 Å². The summed E-state index contributed by atoms with van der Waals surface area (Å²) in [5.41, 5.74) is 8.25. The van der Waals surface area contributed by atoms with E-state index in [0.29, 0.717) is 16.3 Å². The van der Waals surface area contributed by atoms with Gasteiger partial charge in [0.05, 0.1) is 5.57 Å². The van der Waals surface area contributed by atoms with Crippen LogP contribution < -0.4 is 5.32 Å². The molecule has 0 spiro atoms. The first-order chi connectivity index (χ1) is 14.6. The van der Waals surface area contributed by atoms with Crippen LogP contribution in [0.1, 0.15) is 44.5 Å². The average molecular weight is 434 g/mol. The van der Waals surface area contributed by atoms with Crippen LogP contribution in [0.15, 0.2) is 48.5 Å². The lowest BCUT2D eigenvalue weighted by Crippen LogP contribution is -2.17. The Morgan fingerprint density at radius 2 is 1.16 bits per heavy atom. The number of anilines is 1. The minimum absolute atomic E-state index is 0.0171. The summed E-state index contributed by atoms with van der Waals surface area (Å²) in [5.74, 6) is -0.384. The van der Waals surface area contributed by atoms with E-state index in [1.54, 1.807) is 24.3 Å². The van der Waals surface area contributed by atoms with Crippen molar-refractivity contribution < 1.29 is 9.90 Å². The van der Waals surface area contributed by atoms with E-state index in [1.807, 2.05) is 65.8 Å². The molecule has 31 heavy (non-hydrogen) atoms. The van der Waals surface area contributed by atoms with Crippen molar-refractivity contribution in [3.63, 3.8) is 0 Å². The van der Waals surface area contributed by atoms with Gasteiger partial charge in [0.2, 0.25) is 0 Å². The lowest BCUT2D eigenvalue weighted by molar-refractivity contribution is -0.111. The Balaban J connectivity index is 2.26. The normalized spacial score (nSPS) is 11.8. The Hall–Kier alpha value is -3.04. The topological polar surface area (TPSA) is 49.3 Å². The van der Waals surface area contributed by atoms with E-state index in [0.717, 1.165) is 38.9 Å². The maximum absolute atomic E-state index is 13.5. The molecule has 160 valence electrons. The Labute approximate surface area is 189 Å². The molecule has 0 saturated heterocycles. The first-order valence-corrected chi connectivity index (χ1v) is 10.6. The Morgan fingerprint density at radius 1 is 0.742 bits per heavy atom. The third-order valence-electron chi connectivity index (χ3n) is 5.41. The van der Waals surface area contributed by atoms with Crippen LogP contribution in [0, 0.1) is 41.5 Å². The number of hydrogen-bond acceptors (Lipinski definition) is 2. The highest BCUT2D eigenvalue weighted by molar-refractivity contribution is 6.32. The third kappa shape index (κ3) is 4.83. The van der Waals surface area contributed by atoms with Gasteiger partial charge in [-0.05, 0) is 93.6 Å². The zero-order valence-electron chi connectivity index (χ0n) is 18.9. The Morgan fingerprint density at radius 3 is 1.61 bits per heavy atom. The molecule has 0 aromatic heterocycles. The summed E-state index contributed by atoms with van der Waals surface area (Å²) in [6, 6.07) is 15.0. The van der Waals surface area contributed by atoms with Crippen LogP contribution in [0.25, 0.3) is 11.3 Å². The monoisotopic (exact) mass is 433 g/mol. The number of aryl methyl sites for hydroxylation is 6. The summed E-state index contributed by atoms with van der Waals surface area (Å²) in [5, 5.41) is 15.0. The number of carbonyl (C=O) groups excluding carboxylic acids is 1. The minimum atomic E-state index is -0.366. The summed E-state index contributed by atoms with van der Waals surface area (Å²) < 4.78 is 0. The van der Waals surface area contributed by atoms with Crippen LogP contribution in [-0.2, 0) is 4.79 Å². The van der Waals surface area contributed by atoms with Gasteiger partial charge in [-0.1, -0.05) is 47.0 Å². The fourth-order valence-corrected chi connectivity index (χ4v) is 4.45. The van der Waals surface area contributed by atoms with Crippen molar-refractivity contribution in [2.24, 2.45) is 0 Å². The van der Waals surface area contributed by atoms with Crippen molar-refractivity contribution in [2.45, 2.75) is 41.5 Å². The molecule has 0 aliphatic heterocycles. The molecule has 0 bridgehead atoms. The van der Waals surface area contributed by atoms with Crippen LogP contribution in [0.2, 0.25) is 5.02 Å². The number of aliphatic hydroxyl groups excluding tert-OH is 1. The molecule has 0 saturated carbocycles. The van der Waals surface area contributed by atoms with E-state index in [2.05, 4.69) is 5.32 Å². The predicted molar refractivity (Wildman–Crippen MR) is 131 cm³/mol. The van der Waals surface area contributed by atoms with Gasteiger partial charge in [-0.3, -0.25) is 4.79 Å². The van der Waals surface area contributed by atoms with Crippen molar-refractivity contribution in [1.29, 1.82) is 0 Å². The van der Waals surface area contributed by atoms with Crippen molar-refractivity contribution in [1.82, 2.24) is 0 Å². The summed E-state index contributed by atoms with van der Waals surface area (Å²) in [7, 11) is 0. The number of nitrogens with one attached hydrogen (secondary N) is 1.